The van der Waals surface area contributed by atoms with E-state index in [0.29, 0.717) is 24.2 Å². The number of aliphatic hydroxyl groups is 1. The van der Waals surface area contributed by atoms with E-state index in [4.69, 9.17) is 5.73 Å². The van der Waals surface area contributed by atoms with Crippen LogP contribution in [0.25, 0.3) is 0 Å². The Hall–Kier alpha value is -1.33. The van der Waals surface area contributed by atoms with Crippen LogP contribution >= 0.6 is 0 Å². The second-order valence-electron chi connectivity index (χ2n) is 3.35. The maximum absolute atomic E-state index is 11.3. The van der Waals surface area contributed by atoms with Crippen molar-refractivity contribution in [1.29, 1.82) is 0 Å². The van der Waals surface area contributed by atoms with Crippen molar-refractivity contribution in [3.63, 3.8) is 0 Å². The lowest BCUT2D eigenvalue weighted by atomic mass is 10.1. The van der Waals surface area contributed by atoms with Crippen molar-refractivity contribution in [1.82, 2.24) is 4.57 Å². The minimum Gasteiger partial charge on any atom is -0.464 e. The molecule has 0 fully saturated rings. The number of esters is 1. The Morgan fingerprint density at radius 2 is 2.40 bits per heavy atom. The lowest BCUT2D eigenvalue weighted by molar-refractivity contribution is 0.0590. The summed E-state index contributed by atoms with van der Waals surface area (Å²) in [4.78, 5) is 11.3. The largest absolute Gasteiger partial charge is 0.464 e. The van der Waals surface area contributed by atoms with Crippen molar-refractivity contribution < 1.29 is 14.6 Å². The molecule has 0 saturated carbocycles. The summed E-state index contributed by atoms with van der Waals surface area (Å²) in [6.07, 6.45) is 1.55. The maximum Gasteiger partial charge on any atom is 0.354 e. The minimum atomic E-state index is -0.625. The smallest absolute Gasteiger partial charge is 0.354 e. The first kappa shape index (κ1) is 11.7. The van der Waals surface area contributed by atoms with Crippen LogP contribution in [0.15, 0.2) is 12.3 Å². The Bertz CT molecular complexity index is 346. The van der Waals surface area contributed by atoms with Crippen LogP contribution in [0.2, 0.25) is 0 Å². The van der Waals surface area contributed by atoms with Crippen molar-refractivity contribution in [2.45, 2.75) is 12.5 Å². The summed E-state index contributed by atoms with van der Waals surface area (Å²) < 4.78 is 6.23. The van der Waals surface area contributed by atoms with E-state index in [2.05, 4.69) is 4.74 Å². The molecule has 0 radical (unpaired) electrons. The third-order valence-corrected chi connectivity index (χ3v) is 2.25. The molecule has 1 aromatic rings. The molecule has 0 bridgehead atoms. The van der Waals surface area contributed by atoms with E-state index in [1.165, 1.54) is 7.11 Å². The molecule has 0 saturated heterocycles. The molecule has 0 aliphatic carbocycles. The number of aromatic nitrogens is 1. The van der Waals surface area contributed by atoms with Crippen LogP contribution in [0.5, 0.6) is 0 Å². The summed E-state index contributed by atoms with van der Waals surface area (Å²) >= 11 is 0. The molecule has 5 heteroatoms. The normalized spacial score (nSPS) is 12.5. The molecular weight excluding hydrogens is 196 g/mol. The van der Waals surface area contributed by atoms with E-state index in [0.717, 1.165) is 0 Å². The van der Waals surface area contributed by atoms with Crippen molar-refractivity contribution in [2.75, 3.05) is 13.7 Å². The molecule has 0 spiro atoms. The van der Waals surface area contributed by atoms with Crippen molar-refractivity contribution in [3.8, 4) is 0 Å². The van der Waals surface area contributed by atoms with Gasteiger partial charge >= 0.3 is 5.97 Å². The molecule has 0 aromatic carbocycles. The summed E-state index contributed by atoms with van der Waals surface area (Å²) in [5, 5.41) is 9.67. The summed E-state index contributed by atoms with van der Waals surface area (Å²) in [6, 6.07) is 1.62. The van der Waals surface area contributed by atoms with E-state index in [-0.39, 0.29) is 0 Å². The summed E-state index contributed by atoms with van der Waals surface area (Å²) in [5.41, 5.74) is 6.44. The van der Waals surface area contributed by atoms with Gasteiger partial charge in [0.05, 0.1) is 13.2 Å². The zero-order chi connectivity index (χ0) is 11.4. The second-order valence-corrected chi connectivity index (χ2v) is 3.35. The van der Waals surface area contributed by atoms with Crippen LogP contribution in [0.3, 0.4) is 0 Å². The Labute approximate surface area is 88.4 Å². The third kappa shape index (κ3) is 2.57. The number of ether oxygens (including phenoxy) is 1. The Balaban J connectivity index is 2.90. The summed E-state index contributed by atoms with van der Waals surface area (Å²) in [7, 11) is 3.05. The molecule has 1 heterocycles. The highest BCUT2D eigenvalue weighted by Crippen LogP contribution is 2.18. The first-order valence-electron chi connectivity index (χ1n) is 4.72. The molecular formula is C10H16N2O3. The van der Waals surface area contributed by atoms with Gasteiger partial charge in [-0.05, 0) is 24.6 Å². The van der Waals surface area contributed by atoms with Crippen LogP contribution in [0.4, 0.5) is 0 Å². The van der Waals surface area contributed by atoms with Gasteiger partial charge in [0.25, 0.3) is 0 Å². The summed E-state index contributed by atoms with van der Waals surface area (Å²) in [5.74, 6) is -0.413. The number of carbonyl (C=O) groups is 1. The van der Waals surface area contributed by atoms with Gasteiger partial charge in [-0.2, -0.15) is 0 Å². The average Bonchev–Trinajstić information content (AvgIpc) is 2.60. The van der Waals surface area contributed by atoms with E-state index >= 15 is 0 Å². The standard InChI is InChI=1S/C10H16N2O3/c1-12-6-7(9(13)3-4-11)5-8(12)10(14)15-2/h5-6,9,13H,3-4,11H2,1-2H3. The molecule has 0 aliphatic heterocycles. The highest BCUT2D eigenvalue weighted by Gasteiger charge is 2.15. The average molecular weight is 212 g/mol. The van der Waals surface area contributed by atoms with Crippen LogP contribution in [-0.4, -0.2) is 29.3 Å². The fourth-order valence-electron chi connectivity index (χ4n) is 1.40. The van der Waals surface area contributed by atoms with Gasteiger partial charge < -0.3 is 20.1 Å². The fourth-order valence-corrected chi connectivity index (χ4v) is 1.40. The number of nitrogens with two attached hydrogens (primary N) is 1. The molecule has 0 aliphatic rings. The van der Waals surface area contributed by atoms with Crippen LogP contribution in [-0.2, 0) is 11.8 Å². The maximum atomic E-state index is 11.3. The fraction of sp³-hybridized carbons (Fsp3) is 0.500. The van der Waals surface area contributed by atoms with Gasteiger partial charge in [0, 0.05) is 13.2 Å². The highest BCUT2D eigenvalue weighted by molar-refractivity contribution is 5.87. The van der Waals surface area contributed by atoms with E-state index in [9.17, 15) is 9.90 Å². The zero-order valence-corrected chi connectivity index (χ0v) is 8.93. The Morgan fingerprint density at radius 3 is 2.93 bits per heavy atom. The molecule has 1 atom stereocenters. The van der Waals surface area contributed by atoms with E-state index < -0.39 is 12.1 Å². The Morgan fingerprint density at radius 1 is 1.73 bits per heavy atom. The quantitative estimate of drug-likeness (QED) is 0.699. The van der Waals surface area contributed by atoms with Crippen LogP contribution in [0.1, 0.15) is 28.6 Å². The van der Waals surface area contributed by atoms with Gasteiger partial charge in [0.1, 0.15) is 5.69 Å². The third-order valence-electron chi connectivity index (χ3n) is 2.25. The number of rotatable bonds is 4. The van der Waals surface area contributed by atoms with Crippen LogP contribution in [0, 0.1) is 0 Å². The topological polar surface area (TPSA) is 77.5 Å². The molecule has 1 unspecified atom stereocenters. The lowest BCUT2D eigenvalue weighted by Crippen LogP contribution is -2.06. The van der Waals surface area contributed by atoms with Gasteiger partial charge in [-0.3, -0.25) is 0 Å². The van der Waals surface area contributed by atoms with Crippen molar-refractivity contribution >= 4 is 5.97 Å². The number of aryl methyl sites for hydroxylation is 1. The van der Waals surface area contributed by atoms with Gasteiger partial charge in [0.15, 0.2) is 0 Å². The molecule has 3 N–H and O–H groups in total. The highest BCUT2D eigenvalue weighted by atomic mass is 16.5. The summed E-state index contributed by atoms with van der Waals surface area (Å²) in [6.45, 7) is 0.406. The van der Waals surface area contributed by atoms with Gasteiger partial charge in [0.2, 0.25) is 0 Å². The van der Waals surface area contributed by atoms with Gasteiger partial charge in [-0.15, -0.1) is 0 Å². The first-order valence-corrected chi connectivity index (χ1v) is 4.72. The number of nitrogens with zero attached hydrogens (tertiary/aromatic N) is 1. The van der Waals surface area contributed by atoms with Gasteiger partial charge in [-0.25, -0.2) is 4.79 Å². The SMILES string of the molecule is COC(=O)c1cc(C(O)CCN)cn1C. The molecule has 15 heavy (non-hydrogen) atoms. The molecule has 84 valence electrons. The monoisotopic (exact) mass is 212 g/mol. The first-order chi connectivity index (χ1) is 7.10. The molecule has 1 aromatic heterocycles. The molecule has 5 nitrogen and oxygen atoms in total. The number of hydrogen-bond acceptors (Lipinski definition) is 4. The predicted octanol–water partition coefficient (Wildman–Crippen LogP) is 0.194. The molecule has 0 amide bonds. The zero-order valence-electron chi connectivity index (χ0n) is 8.93. The molecule has 1 rings (SSSR count). The number of carbonyl (C=O) groups excluding carboxylic acids is 1. The van der Waals surface area contributed by atoms with Crippen molar-refractivity contribution in [2.24, 2.45) is 12.8 Å². The van der Waals surface area contributed by atoms with E-state index in [1.54, 1.807) is 23.9 Å². The van der Waals surface area contributed by atoms with Gasteiger partial charge in [-0.1, -0.05) is 0 Å². The minimum absolute atomic E-state index is 0.406. The van der Waals surface area contributed by atoms with Crippen LogP contribution < -0.4 is 5.73 Å². The second kappa shape index (κ2) is 4.95. The predicted molar refractivity (Wildman–Crippen MR) is 55.4 cm³/mol. The number of hydrogen-bond donors (Lipinski definition) is 2. The lowest BCUT2D eigenvalue weighted by Gasteiger charge is -2.05. The van der Waals surface area contributed by atoms with Crippen molar-refractivity contribution in [3.05, 3.63) is 23.5 Å². The van der Waals surface area contributed by atoms with E-state index in [1.807, 2.05) is 0 Å². The number of methoxy groups -OCH3 is 1. The Kier molecular flexibility index (Phi) is 3.88. The number of aliphatic hydroxyl groups excluding tert-OH is 1.